The Bertz CT molecular complexity index is 979. The third-order valence-electron chi connectivity index (χ3n) is 6.61. The molecule has 6 nitrogen and oxygen atoms in total. The molecular formula is C25H33N3O3S. The summed E-state index contributed by atoms with van der Waals surface area (Å²) in [7, 11) is -3.43. The molecule has 0 radical (unpaired) electrons. The number of nitrogens with zero attached hydrogens (tertiary/aromatic N) is 2. The monoisotopic (exact) mass is 455 g/mol. The Kier molecular flexibility index (Phi) is 7.60. The maximum atomic E-state index is 12.8. The Labute approximate surface area is 191 Å². The fourth-order valence-electron chi connectivity index (χ4n) is 4.62. The molecule has 1 saturated carbocycles. The van der Waals surface area contributed by atoms with Gasteiger partial charge in [0, 0.05) is 44.8 Å². The van der Waals surface area contributed by atoms with Gasteiger partial charge in [0.2, 0.25) is 10.0 Å². The van der Waals surface area contributed by atoms with Crippen molar-refractivity contribution in [2.24, 2.45) is 5.92 Å². The molecule has 1 amide bonds. The first-order valence-corrected chi connectivity index (χ1v) is 13.1. The Morgan fingerprint density at radius 2 is 1.53 bits per heavy atom. The van der Waals surface area contributed by atoms with E-state index in [2.05, 4.69) is 10.2 Å². The largest absolute Gasteiger partial charge is 0.352 e. The highest BCUT2D eigenvalue weighted by Crippen LogP contribution is 2.23. The third-order valence-corrected chi connectivity index (χ3v) is 8.52. The fourth-order valence-corrected chi connectivity index (χ4v) is 6.06. The molecule has 2 aromatic rings. The maximum Gasteiger partial charge on any atom is 0.251 e. The molecule has 1 aliphatic carbocycles. The Morgan fingerprint density at radius 3 is 2.19 bits per heavy atom. The topological polar surface area (TPSA) is 69.7 Å². The lowest BCUT2D eigenvalue weighted by molar-refractivity contribution is 0.0943. The number of sulfonamides is 1. The van der Waals surface area contributed by atoms with Crippen molar-refractivity contribution in [3.05, 3.63) is 65.7 Å². The molecule has 0 atom stereocenters. The van der Waals surface area contributed by atoms with Crippen LogP contribution in [0.1, 0.15) is 48.0 Å². The Morgan fingerprint density at radius 1 is 0.875 bits per heavy atom. The van der Waals surface area contributed by atoms with Crippen LogP contribution in [-0.2, 0) is 16.6 Å². The molecule has 0 aromatic heterocycles. The molecule has 2 aromatic carbocycles. The minimum Gasteiger partial charge on any atom is -0.352 e. The van der Waals surface area contributed by atoms with Crippen LogP contribution < -0.4 is 5.32 Å². The number of hydrogen-bond donors (Lipinski definition) is 1. The van der Waals surface area contributed by atoms with Gasteiger partial charge in [-0.15, -0.1) is 0 Å². The molecule has 1 saturated heterocycles. The number of benzene rings is 2. The number of carbonyl (C=O) groups is 1. The molecule has 4 rings (SSSR count). The molecule has 172 valence electrons. The number of nitrogens with one attached hydrogen (secondary N) is 1. The Balaban J connectivity index is 1.25. The number of carbonyl (C=O) groups excluding carboxylic acids is 1. The lowest BCUT2D eigenvalue weighted by atomic mass is 9.89. The summed E-state index contributed by atoms with van der Waals surface area (Å²) in [6.07, 6.45) is 6.32. The van der Waals surface area contributed by atoms with E-state index in [1.807, 2.05) is 30.3 Å². The van der Waals surface area contributed by atoms with Crippen molar-refractivity contribution in [1.82, 2.24) is 14.5 Å². The van der Waals surface area contributed by atoms with E-state index in [1.165, 1.54) is 32.1 Å². The zero-order valence-electron chi connectivity index (χ0n) is 18.6. The molecule has 2 fully saturated rings. The minimum atomic E-state index is -3.43. The standard InChI is InChI=1S/C25H33N3O3S/c29-25(26-19-21-7-3-1-4-8-21)23-13-11-22(12-14-23)20-27-15-17-28(18-16-27)32(30,31)24-9-5-2-6-10-24/h2,5-6,9-14,21H,1,3-4,7-8,15-20H2,(H,26,29). The van der Waals surface area contributed by atoms with Gasteiger partial charge < -0.3 is 5.32 Å². The van der Waals surface area contributed by atoms with Crippen LogP contribution in [0.25, 0.3) is 0 Å². The summed E-state index contributed by atoms with van der Waals surface area (Å²) in [5, 5.41) is 3.09. The first kappa shape index (κ1) is 23.0. The van der Waals surface area contributed by atoms with Crippen LogP contribution in [-0.4, -0.2) is 56.3 Å². The molecule has 0 bridgehead atoms. The lowest BCUT2D eigenvalue weighted by Crippen LogP contribution is -2.48. The number of piperazine rings is 1. The van der Waals surface area contributed by atoms with Gasteiger partial charge >= 0.3 is 0 Å². The van der Waals surface area contributed by atoms with Crippen LogP contribution in [0.5, 0.6) is 0 Å². The van der Waals surface area contributed by atoms with E-state index >= 15 is 0 Å². The maximum absolute atomic E-state index is 12.8. The van der Waals surface area contributed by atoms with Gasteiger partial charge in [-0.2, -0.15) is 4.31 Å². The van der Waals surface area contributed by atoms with E-state index in [4.69, 9.17) is 0 Å². The van der Waals surface area contributed by atoms with E-state index in [0.717, 1.165) is 18.7 Å². The van der Waals surface area contributed by atoms with Crippen LogP contribution in [0.2, 0.25) is 0 Å². The molecule has 0 unspecified atom stereocenters. The van der Waals surface area contributed by atoms with Gasteiger partial charge in [0.05, 0.1) is 4.90 Å². The smallest absolute Gasteiger partial charge is 0.251 e. The van der Waals surface area contributed by atoms with Crippen molar-refractivity contribution in [2.75, 3.05) is 32.7 Å². The van der Waals surface area contributed by atoms with Crippen molar-refractivity contribution in [3.8, 4) is 0 Å². The predicted molar refractivity (Wildman–Crippen MR) is 126 cm³/mol. The number of rotatable bonds is 7. The Hall–Kier alpha value is -2.22. The molecule has 2 aliphatic rings. The van der Waals surface area contributed by atoms with E-state index in [0.29, 0.717) is 42.6 Å². The third kappa shape index (κ3) is 5.77. The van der Waals surface area contributed by atoms with Gasteiger partial charge in [0.1, 0.15) is 0 Å². The summed E-state index contributed by atoms with van der Waals surface area (Å²) in [5.74, 6) is 0.623. The molecule has 32 heavy (non-hydrogen) atoms. The van der Waals surface area contributed by atoms with E-state index in [1.54, 1.807) is 28.6 Å². The van der Waals surface area contributed by atoms with E-state index in [9.17, 15) is 13.2 Å². The van der Waals surface area contributed by atoms with Gasteiger partial charge in [-0.1, -0.05) is 49.6 Å². The first-order chi connectivity index (χ1) is 15.5. The number of hydrogen-bond acceptors (Lipinski definition) is 4. The highest BCUT2D eigenvalue weighted by Gasteiger charge is 2.28. The second kappa shape index (κ2) is 10.6. The molecule has 0 spiro atoms. The van der Waals surface area contributed by atoms with Gasteiger partial charge in [0.15, 0.2) is 0 Å². The summed E-state index contributed by atoms with van der Waals surface area (Å²) in [5.41, 5.74) is 1.83. The van der Waals surface area contributed by atoms with Crippen molar-refractivity contribution in [3.63, 3.8) is 0 Å². The van der Waals surface area contributed by atoms with Crippen molar-refractivity contribution in [2.45, 2.75) is 43.5 Å². The van der Waals surface area contributed by atoms with Crippen LogP contribution in [0, 0.1) is 5.92 Å². The molecule has 1 aliphatic heterocycles. The molecule has 1 N–H and O–H groups in total. The summed E-state index contributed by atoms with van der Waals surface area (Å²) in [4.78, 5) is 15.1. The van der Waals surface area contributed by atoms with Crippen molar-refractivity contribution in [1.29, 1.82) is 0 Å². The fraction of sp³-hybridized carbons (Fsp3) is 0.480. The average Bonchev–Trinajstić information content (AvgIpc) is 2.84. The summed E-state index contributed by atoms with van der Waals surface area (Å²) >= 11 is 0. The van der Waals surface area contributed by atoms with Gasteiger partial charge in [-0.25, -0.2) is 8.42 Å². The van der Waals surface area contributed by atoms with Gasteiger partial charge in [-0.05, 0) is 48.6 Å². The SMILES string of the molecule is O=C(NCC1CCCCC1)c1ccc(CN2CCN(S(=O)(=O)c3ccccc3)CC2)cc1. The van der Waals surface area contributed by atoms with Crippen LogP contribution in [0.4, 0.5) is 0 Å². The zero-order valence-corrected chi connectivity index (χ0v) is 19.4. The summed E-state index contributed by atoms with van der Waals surface area (Å²) in [6, 6.07) is 16.4. The van der Waals surface area contributed by atoms with Crippen LogP contribution >= 0.6 is 0 Å². The van der Waals surface area contributed by atoms with Crippen molar-refractivity contribution < 1.29 is 13.2 Å². The van der Waals surface area contributed by atoms with Crippen molar-refractivity contribution >= 4 is 15.9 Å². The zero-order chi connectivity index (χ0) is 22.4. The quantitative estimate of drug-likeness (QED) is 0.694. The normalized spacial score (nSPS) is 19.0. The van der Waals surface area contributed by atoms with Crippen LogP contribution in [0.3, 0.4) is 0 Å². The summed E-state index contributed by atoms with van der Waals surface area (Å²) in [6.45, 7) is 3.88. The minimum absolute atomic E-state index is 0.00172. The predicted octanol–water partition coefficient (Wildman–Crippen LogP) is 3.50. The lowest BCUT2D eigenvalue weighted by Gasteiger charge is -2.34. The van der Waals surface area contributed by atoms with E-state index in [-0.39, 0.29) is 5.91 Å². The van der Waals surface area contributed by atoms with E-state index < -0.39 is 10.0 Å². The van der Waals surface area contributed by atoms with Crippen LogP contribution in [0.15, 0.2) is 59.5 Å². The highest BCUT2D eigenvalue weighted by molar-refractivity contribution is 7.89. The van der Waals surface area contributed by atoms with Gasteiger partial charge in [0.25, 0.3) is 5.91 Å². The second-order valence-electron chi connectivity index (χ2n) is 8.90. The highest BCUT2D eigenvalue weighted by atomic mass is 32.2. The molecular weight excluding hydrogens is 422 g/mol. The molecule has 1 heterocycles. The first-order valence-electron chi connectivity index (χ1n) is 11.7. The second-order valence-corrected chi connectivity index (χ2v) is 10.8. The average molecular weight is 456 g/mol. The number of amides is 1. The van der Waals surface area contributed by atoms with Gasteiger partial charge in [-0.3, -0.25) is 9.69 Å². The summed E-state index contributed by atoms with van der Waals surface area (Å²) < 4.78 is 27.1. The molecule has 7 heteroatoms.